The first kappa shape index (κ1) is 27.7. The van der Waals surface area contributed by atoms with Gasteiger partial charge in [-0.2, -0.15) is 0 Å². The van der Waals surface area contributed by atoms with Crippen molar-refractivity contribution in [3.05, 3.63) is 84.5 Å². The number of aromatic nitrogens is 1. The summed E-state index contributed by atoms with van der Waals surface area (Å²) in [5.41, 5.74) is 3.34. The zero-order valence-electron chi connectivity index (χ0n) is 23.1. The molecule has 210 valence electrons. The molecule has 40 heavy (non-hydrogen) atoms. The highest BCUT2D eigenvalue weighted by Gasteiger charge is 2.34. The zero-order chi connectivity index (χ0) is 28.2. The van der Waals surface area contributed by atoms with E-state index in [4.69, 9.17) is 18.9 Å². The van der Waals surface area contributed by atoms with Gasteiger partial charge in [0.15, 0.2) is 16.3 Å². The highest BCUT2D eigenvalue weighted by molar-refractivity contribution is 7.07. The van der Waals surface area contributed by atoms with E-state index >= 15 is 0 Å². The third kappa shape index (κ3) is 5.41. The Morgan fingerprint density at radius 2 is 1.85 bits per heavy atom. The number of rotatable bonds is 8. The maximum absolute atomic E-state index is 13.9. The molecule has 1 fully saturated rings. The summed E-state index contributed by atoms with van der Waals surface area (Å²) < 4.78 is 24.2. The Labute approximate surface area is 236 Å². The molecule has 0 radical (unpaired) electrons. The summed E-state index contributed by atoms with van der Waals surface area (Å²) >= 11 is 1.30. The lowest BCUT2D eigenvalue weighted by Gasteiger charge is -2.28. The van der Waals surface area contributed by atoms with Crippen LogP contribution >= 0.6 is 11.3 Å². The number of fused-ring (bicyclic) bond motifs is 1. The molecule has 3 heterocycles. The van der Waals surface area contributed by atoms with Gasteiger partial charge in [0.25, 0.3) is 5.56 Å². The number of carbonyl (C=O) groups is 1. The third-order valence-electron chi connectivity index (χ3n) is 6.89. The number of morpholine rings is 1. The van der Waals surface area contributed by atoms with Gasteiger partial charge in [-0.15, -0.1) is 0 Å². The number of esters is 1. The van der Waals surface area contributed by atoms with Gasteiger partial charge in [0.05, 0.1) is 55.4 Å². The summed E-state index contributed by atoms with van der Waals surface area (Å²) in [6.07, 6.45) is 1.87. The lowest BCUT2D eigenvalue weighted by molar-refractivity contribution is -0.139. The topological polar surface area (TPSA) is 91.6 Å². The summed E-state index contributed by atoms with van der Waals surface area (Å²) in [5, 5.41) is 0. The van der Waals surface area contributed by atoms with Crippen LogP contribution in [0.15, 0.2) is 63.5 Å². The first-order valence-corrected chi connectivity index (χ1v) is 14.2. The van der Waals surface area contributed by atoms with Gasteiger partial charge in [0.1, 0.15) is 0 Å². The van der Waals surface area contributed by atoms with E-state index in [1.54, 1.807) is 31.6 Å². The number of hydrogen-bond donors (Lipinski definition) is 0. The SMILES string of the molecule is CCOC(=O)C1=C(C)N=c2s/c(=C/c3ccc(N4CCOCC4)cc3)c(=O)n2[C@@H]1c1ccc(OC)c(OCC)c1. The summed E-state index contributed by atoms with van der Waals surface area (Å²) in [6, 6.07) is 12.8. The lowest BCUT2D eigenvalue weighted by atomic mass is 9.95. The van der Waals surface area contributed by atoms with Crippen LogP contribution in [0.3, 0.4) is 0 Å². The second-order valence-electron chi connectivity index (χ2n) is 9.34. The molecule has 1 atom stereocenters. The summed E-state index contributed by atoms with van der Waals surface area (Å²) in [5.74, 6) is 0.593. The first-order valence-electron chi connectivity index (χ1n) is 13.4. The van der Waals surface area contributed by atoms with Gasteiger partial charge in [-0.1, -0.05) is 29.5 Å². The molecule has 10 heteroatoms. The van der Waals surface area contributed by atoms with Crippen molar-refractivity contribution in [3.63, 3.8) is 0 Å². The number of ether oxygens (including phenoxy) is 4. The van der Waals surface area contributed by atoms with Crippen molar-refractivity contribution in [1.82, 2.24) is 4.57 Å². The van der Waals surface area contributed by atoms with Crippen LogP contribution in [0, 0.1) is 0 Å². The predicted molar refractivity (Wildman–Crippen MR) is 154 cm³/mol. The normalized spacial score (nSPS) is 17.4. The monoisotopic (exact) mass is 563 g/mol. The van der Waals surface area contributed by atoms with Crippen LogP contribution in [0.25, 0.3) is 6.08 Å². The molecule has 9 nitrogen and oxygen atoms in total. The molecule has 1 aromatic heterocycles. The fourth-order valence-electron chi connectivity index (χ4n) is 4.99. The number of allylic oxidation sites excluding steroid dienone is 1. The minimum atomic E-state index is -0.730. The van der Waals surface area contributed by atoms with Crippen LogP contribution < -0.4 is 29.3 Å². The Bertz CT molecular complexity index is 1600. The van der Waals surface area contributed by atoms with Gasteiger partial charge in [-0.25, -0.2) is 9.79 Å². The van der Waals surface area contributed by atoms with E-state index in [2.05, 4.69) is 22.0 Å². The van der Waals surface area contributed by atoms with Crippen LogP contribution in [0.5, 0.6) is 11.5 Å². The van der Waals surface area contributed by atoms with E-state index in [9.17, 15) is 9.59 Å². The van der Waals surface area contributed by atoms with Gasteiger partial charge in [0.2, 0.25) is 0 Å². The Morgan fingerprint density at radius 3 is 2.52 bits per heavy atom. The Kier molecular flexibility index (Phi) is 8.37. The zero-order valence-corrected chi connectivity index (χ0v) is 24.0. The van der Waals surface area contributed by atoms with Crippen molar-refractivity contribution in [1.29, 1.82) is 0 Å². The van der Waals surface area contributed by atoms with E-state index in [1.807, 2.05) is 37.3 Å². The molecule has 0 saturated carbocycles. The number of benzene rings is 2. The highest BCUT2D eigenvalue weighted by atomic mass is 32.1. The number of nitrogens with zero attached hydrogens (tertiary/aromatic N) is 3. The quantitative estimate of drug-likeness (QED) is 0.389. The van der Waals surface area contributed by atoms with Crippen LogP contribution in [-0.4, -0.2) is 57.2 Å². The van der Waals surface area contributed by atoms with Crippen molar-refractivity contribution >= 4 is 29.1 Å². The molecule has 2 aliphatic rings. The molecule has 0 amide bonds. The minimum absolute atomic E-state index is 0.208. The Balaban J connectivity index is 1.61. The molecule has 0 bridgehead atoms. The number of thiazole rings is 1. The fraction of sp³-hybridized carbons (Fsp3) is 0.367. The van der Waals surface area contributed by atoms with Gasteiger partial charge < -0.3 is 23.8 Å². The molecular formula is C30H33N3O6S. The Hall–Kier alpha value is -3.89. The van der Waals surface area contributed by atoms with Crippen LogP contribution in [-0.2, 0) is 14.3 Å². The van der Waals surface area contributed by atoms with Crippen molar-refractivity contribution < 1.29 is 23.7 Å². The first-order chi connectivity index (χ1) is 19.4. The van der Waals surface area contributed by atoms with Crippen molar-refractivity contribution in [2.24, 2.45) is 4.99 Å². The standard InChI is InChI=1S/C30H33N3O6S/c1-5-38-24-18-21(9-12-23(24)36-4)27-26(29(35)39-6-2)19(3)31-30-33(27)28(34)25(40-30)17-20-7-10-22(11-8-20)32-13-15-37-16-14-32/h7-12,17-18,27H,5-6,13-16H2,1-4H3/b25-17+/t27-/m1/s1. The molecule has 0 aliphatic carbocycles. The van der Waals surface area contributed by atoms with Gasteiger partial charge >= 0.3 is 5.97 Å². The smallest absolute Gasteiger partial charge is 0.338 e. The second kappa shape index (κ2) is 12.1. The number of methoxy groups -OCH3 is 1. The summed E-state index contributed by atoms with van der Waals surface area (Å²) in [7, 11) is 1.57. The van der Waals surface area contributed by atoms with Gasteiger partial charge in [-0.05, 0) is 62.2 Å². The summed E-state index contributed by atoms with van der Waals surface area (Å²) in [4.78, 5) is 34.6. The van der Waals surface area contributed by atoms with E-state index < -0.39 is 12.0 Å². The molecule has 1 saturated heterocycles. The van der Waals surface area contributed by atoms with Crippen molar-refractivity contribution in [2.45, 2.75) is 26.8 Å². The van der Waals surface area contributed by atoms with E-state index in [1.165, 1.54) is 11.3 Å². The second-order valence-corrected chi connectivity index (χ2v) is 10.3. The number of hydrogen-bond acceptors (Lipinski definition) is 9. The third-order valence-corrected chi connectivity index (χ3v) is 7.87. The van der Waals surface area contributed by atoms with Gasteiger partial charge in [-0.3, -0.25) is 9.36 Å². The number of anilines is 1. The molecular weight excluding hydrogens is 530 g/mol. The largest absolute Gasteiger partial charge is 0.493 e. The van der Waals surface area contributed by atoms with E-state index in [-0.39, 0.29) is 12.2 Å². The lowest BCUT2D eigenvalue weighted by Crippen LogP contribution is -2.40. The molecule has 5 rings (SSSR count). The molecule has 0 unspecified atom stereocenters. The highest BCUT2D eigenvalue weighted by Crippen LogP contribution is 2.36. The fourth-order valence-corrected chi connectivity index (χ4v) is 6.04. The van der Waals surface area contributed by atoms with E-state index in [0.717, 1.165) is 37.6 Å². The van der Waals surface area contributed by atoms with Crippen LogP contribution in [0.1, 0.15) is 37.9 Å². The average molecular weight is 564 g/mol. The average Bonchev–Trinajstić information content (AvgIpc) is 3.27. The van der Waals surface area contributed by atoms with Crippen LogP contribution in [0.2, 0.25) is 0 Å². The molecule has 2 aliphatic heterocycles. The van der Waals surface area contributed by atoms with Crippen LogP contribution in [0.4, 0.5) is 5.69 Å². The molecule has 3 aromatic rings. The minimum Gasteiger partial charge on any atom is -0.493 e. The molecule has 0 spiro atoms. The molecule has 0 N–H and O–H groups in total. The molecule has 2 aromatic carbocycles. The van der Waals surface area contributed by atoms with Crippen molar-refractivity contribution in [2.75, 3.05) is 51.5 Å². The van der Waals surface area contributed by atoms with Gasteiger partial charge in [0, 0.05) is 18.8 Å². The van der Waals surface area contributed by atoms with E-state index in [0.29, 0.717) is 44.3 Å². The predicted octanol–water partition coefficient (Wildman–Crippen LogP) is 3.04. The maximum atomic E-state index is 13.9. The Morgan fingerprint density at radius 1 is 1.10 bits per heavy atom. The number of carbonyl (C=O) groups excluding carboxylic acids is 1. The van der Waals surface area contributed by atoms with Crippen molar-refractivity contribution in [3.8, 4) is 11.5 Å². The maximum Gasteiger partial charge on any atom is 0.338 e. The summed E-state index contributed by atoms with van der Waals surface area (Å²) in [6.45, 7) is 9.21.